The minimum absolute atomic E-state index is 0.104. The van der Waals surface area contributed by atoms with Gasteiger partial charge in [0.2, 0.25) is 0 Å². The van der Waals surface area contributed by atoms with Gasteiger partial charge in [-0.2, -0.15) is 0 Å². The third-order valence-electron chi connectivity index (χ3n) is 6.26. The lowest BCUT2D eigenvalue weighted by atomic mass is 9.51. The molecular weight excluding hydrogens is 290 g/mol. The first-order chi connectivity index (χ1) is 10.8. The summed E-state index contributed by atoms with van der Waals surface area (Å²) in [5, 5.41) is 4.03. The molecule has 0 aliphatic heterocycles. The average Bonchev–Trinajstić information content (AvgIpc) is 2.94. The summed E-state index contributed by atoms with van der Waals surface area (Å²) in [7, 11) is 1.81. The van der Waals surface area contributed by atoms with Crippen molar-refractivity contribution in [3.05, 3.63) is 45.0 Å². The molecule has 0 fully saturated rings. The molecule has 122 valence electrons. The Kier molecular flexibility index (Phi) is 2.77. The van der Waals surface area contributed by atoms with E-state index in [2.05, 4.69) is 25.9 Å². The van der Waals surface area contributed by atoms with Gasteiger partial charge in [0.15, 0.2) is 0 Å². The van der Waals surface area contributed by atoms with Crippen molar-refractivity contribution in [2.24, 2.45) is 13.0 Å². The topological polar surface area (TPSA) is 60.9 Å². The zero-order valence-electron chi connectivity index (χ0n) is 14.4. The van der Waals surface area contributed by atoms with Crippen LogP contribution < -0.4 is 5.56 Å². The minimum atomic E-state index is -0.145. The molecule has 0 radical (unpaired) electrons. The van der Waals surface area contributed by atoms with Gasteiger partial charge < -0.3 is 4.52 Å². The van der Waals surface area contributed by atoms with Gasteiger partial charge in [-0.15, -0.1) is 0 Å². The zero-order chi connectivity index (χ0) is 16.6. The van der Waals surface area contributed by atoms with Crippen molar-refractivity contribution in [2.75, 3.05) is 0 Å². The molecule has 0 bridgehead atoms. The Hall–Kier alpha value is -1.91. The average molecular weight is 313 g/mol. The predicted octanol–water partition coefficient (Wildman–Crippen LogP) is 2.43. The monoisotopic (exact) mass is 313 g/mol. The molecule has 0 N–H and O–H groups in total. The molecule has 0 saturated carbocycles. The first-order valence-corrected chi connectivity index (χ1v) is 8.28. The molecule has 2 atom stereocenters. The Morgan fingerprint density at radius 1 is 1.35 bits per heavy atom. The second-order valence-electron chi connectivity index (χ2n) is 7.94. The molecule has 4 rings (SSSR count). The molecule has 0 amide bonds. The summed E-state index contributed by atoms with van der Waals surface area (Å²) < 4.78 is 7.25. The fourth-order valence-electron chi connectivity index (χ4n) is 5.06. The Labute approximate surface area is 135 Å². The Morgan fingerprint density at radius 2 is 2.09 bits per heavy atom. The Balaban J connectivity index is 2.00. The van der Waals surface area contributed by atoms with Gasteiger partial charge in [0.05, 0.1) is 11.9 Å². The minimum Gasteiger partial charge on any atom is -0.361 e. The quantitative estimate of drug-likeness (QED) is 0.749. The number of rotatable bonds is 0. The molecule has 0 saturated heterocycles. The maximum atomic E-state index is 12.7. The summed E-state index contributed by atoms with van der Waals surface area (Å²) in [5.74, 6) is 2.18. The largest absolute Gasteiger partial charge is 0.361 e. The van der Waals surface area contributed by atoms with Crippen molar-refractivity contribution in [1.29, 1.82) is 0 Å². The predicted molar refractivity (Wildman–Crippen MR) is 86.6 cm³/mol. The standard InChI is InChI=1S/C18H23N3O2/c1-10-20-14-12(16(22)21(10)5)6-7-13-17(2,3)15-11(9-19-23-15)8-18(13,14)4/h9,13H,6-8H2,1-5H3/t13-,18-/m0/s1. The van der Waals surface area contributed by atoms with E-state index < -0.39 is 0 Å². The zero-order valence-corrected chi connectivity index (χ0v) is 14.4. The number of hydrogen-bond acceptors (Lipinski definition) is 4. The Morgan fingerprint density at radius 3 is 2.83 bits per heavy atom. The van der Waals surface area contributed by atoms with Crippen molar-refractivity contribution in [3.8, 4) is 0 Å². The summed E-state index contributed by atoms with van der Waals surface area (Å²) in [6, 6.07) is 0. The van der Waals surface area contributed by atoms with E-state index in [0.717, 1.165) is 47.7 Å². The van der Waals surface area contributed by atoms with Gasteiger partial charge in [0, 0.05) is 29.0 Å². The highest BCUT2D eigenvalue weighted by molar-refractivity contribution is 5.41. The van der Waals surface area contributed by atoms with Crippen LogP contribution in [0.5, 0.6) is 0 Å². The van der Waals surface area contributed by atoms with Crippen molar-refractivity contribution >= 4 is 0 Å². The Bertz CT molecular complexity index is 862. The van der Waals surface area contributed by atoms with E-state index in [1.807, 2.05) is 20.2 Å². The molecule has 2 aromatic rings. The number of aryl methyl sites for hydroxylation is 1. The van der Waals surface area contributed by atoms with E-state index in [1.165, 1.54) is 0 Å². The normalized spacial score (nSPS) is 28.0. The second-order valence-corrected chi connectivity index (χ2v) is 7.94. The first kappa shape index (κ1) is 14.7. The van der Waals surface area contributed by atoms with Crippen LogP contribution >= 0.6 is 0 Å². The maximum Gasteiger partial charge on any atom is 0.256 e. The van der Waals surface area contributed by atoms with Crippen LogP contribution in [0.25, 0.3) is 0 Å². The molecule has 0 spiro atoms. The lowest BCUT2D eigenvalue weighted by Gasteiger charge is -2.51. The van der Waals surface area contributed by atoms with Crippen LogP contribution in [-0.4, -0.2) is 14.7 Å². The molecule has 2 aliphatic carbocycles. The van der Waals surface area contributed by atoms with Gasteiger partial charge in [-0.3, -0.25) is 9.36 Å². The van der Waals surface area contributed by atoms with Gasteiger partial charge in [-0.1, -0.05) is 25.9 Å². The molecule has 2 aromatic heterocycles. The molecule has 0 aromatic carbocycles. The number of fused-ring (bicyclic) bond motifs is 4. The fourth-order valence-corrected chi connectivity index (χ4v) is 5.06. The summed E-state index contributed by atoms with van der Waals surface area (Å²) >= 11 is 0. The van der Waals surface area contributed by atoms with Crippen molar-refractivity contribution in [2.45, 2.75) is 57.8 Å². The molecular formula is C18H23N3O2. The van der Waals surface area contributed by atoms with Gasteiger partial charge in [0.1, 0.15) is 11.6 Å². The van der Waals surface area contributed by atoms with Crippen LogP contribution in [0.15, 0.2) is 15.5 Å². The van der Waals surface area contributed by atoms with Crippen molar-refractivity contribution in [3.63, 3.8) is 0 Å². The van der Waals surface area contributed by atoms with E-state index in [9.17, 15) is 4.79 Å². The molecule has 5 nitrogen and oxygen atoms in total. The molecule has 5 heteroatoms. The third-order valence-corrected chi connectivity index (χ3v) is 6.26. The second kappa shape index (κ2) is 4.34. The van der Waals surface area contributed by atoms with Crippen molar-refractivity contribution < 1.29 is 4.52 Å². The highest BCUT2D eigenvalue weighted by Crippen LogP contribution is 2.55. The van der Waals surface area contributed by atoms with Gasteiger partial charge in [0.25, 0.3) is 5.56 Å². The first-order valence-electron chi connectivity index (χ1n) is 8.28. The number of aromatic nitrogens is 3. The van der Waals surface area contributed by atoms with E-state index in [-0.39, 0.29) is 16.4 Å². The number of hydrogen-bond donors (Lipinski definition) is 0. The SMILES string of the molecule is Cc1nc2c(c(=O)n1C)CC[C@H]1C(C)(C)c3oncc3C[C@]21C. The van der Waals surface area contributed by atoms with Crippen LogP contribution in [0.4, 0.5) is 0 Å². The number of nitrogens with zero attached hydrogens (tertiary/aromatic N) is 3. The summed E-state index contributed by atoms with van der Waals surface area (Å²) in [6.07, 6.45) is 4.45. The van der Waals surface area contributed by atoms with Gasteiger partial charge in [-0.05, 0) is 32.1 Å². The lowest BCUT2D eigenvalue weighted by molar-refractivity contribution is 0.107. The highest BCUT2D eigenvalue weighted by atomic mass is 16.5. The van der Waals surface area contributed by atoms with Crippen LogP contribution in [0.1, 0.15) is 55.6 Å². The smallest absolute Gasteiger partial charge is 0.256 e. The molecule has 23 heavy (non-hydrogen) atoms. The molecule has 0 unspecified atom stereocenters. The molecule has 2 aliphatic rings. The van der Waals surface area contributed by atoms with Crippen LogP contribution in [-0.2, 0) is 30.7 Å². The van der Waals surface area contributed by atoms with E-state index in [4.69, 9.17) is 9.51 Å². The summed E-state index contributed by atoms with van der Waals surface area (Å²) in [4.78, 5) is 17.6. The lowest BCUT2D eigenvalue weighted by Crippen LogP contribution is -2.53. The van der Waals surface area contributed by atoms with E-state index in [1.54, 1.807) is 4.57 Å². The third kappa shape index (κ3) is 1.71. The molecule has 2 heterocycles. The fraction of sp³-hybridized carbons (Fsp3) is 0.611. The van der Waals surface area contributed by atoms with Crippen LogP contribution in [0, 0.1) is 12.8 Å². The van der Waals surface area contributed by atoms with Gasteiger partial charge in [-0.25, -0.2) is 4.98 Å². The summed E-state index contributed by atoms with van der Waals surface area (Å²) in [5.41, 5.74) is 2.91. The highest BCUT2D eigenvalue weighted by Gasteiger charge is 2.55. The van der Waals surface area contributed by atoms with E-state index >= 15 is 0 Å². The maximum absolute atomic E-state index is 12.7. The van der Waals surface area contributed by atoms with Gasteiger partial charge >= 0.3 is 0 Å². The summed E-state index contributed by atoms with van der Waals surface area (Å²) in [6.45, 7) is 8.64. The van der Waals surface area contributed by atoms with Crippen LogP contribution in [0.3, 0.4) is 0 Å². The van der Waals surface area contributed by atoms with Crippen molar-refractivity contribution in [1.82, 2.24) is 14.7 Å². The van der Waals surface area contributed by atoms with Crippen LogP contribution in [0.2, 0.25) is 0 Å². The van der Waals surface area contributed by atoms with E-state index in [0.29, 0.717) is 5.92 Å².